The molecule has 0 bridgehead atoms. The lowest BCUT2D eigenvalue weighted by Crippen LogP contribution is -2.26. The third-order valence-corrected chi connectivity index (χ3v) is 4.03. The summed E-state index contributed by atoms with van der Waals surface area (Å²) >= 11 is 1.59. The standard InChI is InChI=1S/C10H16N2O2S2/c1-8-5-9(11)7-10(6-8)16(13,14)12-3-4-15-2/h5-7,12H,3-4,11H2,1-2H3. The molecule has 0 saturated heterocycles. The van der Waals surface area contributed by atoms with Crippen molar-refractivity contribution in [1.82, 2.24) is 4.72 Å². The molecule has 0 radical (unpaired) electrons. The highest BCUT2D eigenvalue weighted by molar-refractivity contribution is 7.98. The van der Waals surface area contributed by atoms with E-state index in [9.17, 15) is 8.42 Å². The number of nitrogens with two attached hydrogens (primary N) is 1. The van der Waals surface area contributed by atoms with Gasteiger partial charge in [-0.1, -0.05) is 0 Å². The summed E-state index contributed by atoms with van der Waals surface area (Å²) in [5, 5.41) is 0. The topological polar surface area (TPSA) is 72.2 Å². The summed E-state index contributed by atoms with van der Waals surface area (Å²) in [6.07, 6.45) is 1.93. The number of hydrogen-bond donors (Lipinski definition) is 2. The SMILES string of the molecule is CSCCNS(=O)(=O)c1cc(C)cc(N)c1. The van der Waals surface area contributed by atoms with E-state index in [1.807, 2.05) is 13.2 Å². The average Bonchev–Trinajstić information content (AvgIpc) is 2.16. The van der Waals surface area contributed by atoms with Crippen molar-refractivity contribution in [2.24, 2.45) is 0 Å². The summed E-state index contributed by atoms with van der Waals surface area (Å²) in [4.78, 5) is 0.228. The highest BCUT2D eigenvalue weighted by Crippen LogP contribution is 2.15. The fourth-order valence-electron chi connectivity index (χ4n) is 1.29. The van der Waals surface area contributed by atoms with Gasteiger partial charge in [-0.2, -0.15) is 11.8 Å². The number of anilines is 1. The maximum absolute atomic E-state index is 11.8. The van der Waals surface area contributed by atoms with Crippen LogP contribution in [0.25, 0.3) is 0 Å². The first-order chi connectivity index (χ1) is 7.45. The van der Waals surface area contributed by atoms with Gasteiger partial charge in [0.25, 0.3) is 0 Å². The van der Waals surface area contributed by atoms with E-state index < -0.39 is 10.0 Å². The molecule has 0 spiro atoms. The fourth-order valence-corrected chi connectivity index (χ4v) is 2.90. The molecule has 0 aliphatic carbocycles. The zero-order valence-corrected chi connectivity index (χ0v) is 11.0. The summed E-state index contributed by atoms with van der Waals surface area (Å²) in [6.45, 7) is 2.24. The smallest absolute Gasteiger partial charge is 0.240 e. The molecule has 0 aromatic heterocycles. The summed E-state index contributed by atoms with van der Waals surface area (Å²) in [6, 6.07) is 4.81. The van der Waals surface area contributed by atoms with Crippen molar-refractivity contribution in [2.45, 2.75) is 11.8 Å². The predicted octanol–water partition coefficient (Wildman–Crippen LogP) is 1.22. The van der Waals surface area contributed by atoms with Crippen LogP contribution in [0.2, 0.25) is 0 Å². The Balaban J connectivity index is 2.89. The highest BCUT2D eigenvalue weighted by Gasteiger charge is 2.13. The molecule has 0 unspecified atom stereocenters. The Bertz CT molecular complexity index is 438. The number of nitrogens with one attached hydrogen (secondary N) is 1. The second kappa shape index (κ2) is 5.56. The Morgan fingerprint density at radius 2 is 2.06 bits per heavy atom. The maximum atomic E-state index is 11.8. The first-order valence-corrected chi connectivity index (χ1v) is 7.69. The molecule has 3 N–H and O–H groups in total. The summed E-state index contributed by atoms with van der Waals surface area (Å²) < 4.78 is 26.2. The summed E-state index contributed by atoms with van der Waals surface area (Å²) in [5.74, 6) is 0.751. The Kier molecular flexibility index (Phi) is 4.64. The van der Waals surface area contributed by atoms with E-state index in [2.05, 4.69) is 4.72 Å². The summed E-state index contributed by atoms with van der Waals surface area (Å²) in [5.41, 5.74) is 6.92. The number of hydrogen-bond acceptors (Lipinski definition) is 4. The van der Waals surface area contributed by atoms with Crippen LogP contribution in [-0.2, 0) is 10.0 Å². The molecule has 4 nitrogen and oxygen atoms in total. The zero-order valence-electron chi connectivity index (χ0n) is 9.36. The third kappa shape index (κ3) is 3.70. The Morgan fingerprint density at radius 1 is 1.38 bits per heavy atom. The average molecular weight is 260 g/mol. The number of rotatable bonds is 5. The van der Waals surface area contributed by atoms with Crippen molar-refractivity contribution in [1.29, 1.82) is 0 Å². The Morgan fingerprint density at radius 3 is 2.62 bits per heavy atom. The second-order valence-electron chi connectivity index (χ2n) is 3.47. The number of thioether (sulfide) groups is 1. The van der Waals surface area contributed by atoms with Gasteiger partial charge in [0.1, 0.15) is 0 Å². The van der Waals surface area contributed by atoms with E-state index in [1.165, 1.54) is 6.07 Å². The van der Waals surface area contributed by atoms with Crippen LogP contribution in [-0.4, -0.2) is 27.0 Å². The van der Waals surface area contributed by atoms with E-state index >= 15 is 0 Å². The van der Waals surface area contributed by atoms with E-state index in [0.717, 1.165) is 11.3 Å². The van der Waals surface area contributed by atoms with Crippen LogP contribution < -0.4 is 10.5 Å². The van der Waals surface area contributed by atoms with Gasteiger partial charge < -0.3 is 5.73 Å². The zero-order chi connectivity index (χ0) is 12.2. The van der Waals surface area contributed by atoms with Crippen LogP contribution in [0.1, 0.15) is 5.56 Å². The molecule has 0 fully saturated rings. The van der Waals surface area contributed by atoms with Gasteiger partial charge >= 0.3 is 0 Å². The highest BCUT2D eigenvalue weighted by atomic mass is 32.2. The van der Waals surface area contributed by atoms with Crippen molar-refractivity contribution in [3.8, 4) is 0 Å². The minimum Gasteiger partial charge on any atom is -0.399 e. The van der Waals surface area contributed by atoms with Crippen LogP contribution in [0, 0.1) is 6.92 Å². The summed E-state index contributed by atoms with van der Waals surface area (Å²) in [7, 11) is -3.42. The molecule has 6 heteroatoms. The molecule has 16 heavy (non-hydrogen) atoms. The van der Waals surface area contributed by atoms with Crippen LogP contribution in [0.5, 0.6) is 0 Å². The van der Waals surface area contributed by atoms with Gasteiger partial charge in [-0.25, -0.2) is 13.1 Å². The molecule has 0 atom stereocenters. The lowest BCUT2D eigenvalue weighted by atomic mass is 10.2. The number of sulfonamides is 1. The second-order valence-corrected chi connectivity index (χ2v) is 6.22. The maximum Gasteiger partial charge on any atom is 0.240 e. The fraction of sp³-hybridized carbons (Fsp3) is 0.400. The number of benzene rings is 1. The van der Waals surface area contributed by atoms with E-state index in [-0.39, 0.29) is 4.90 Å². The van der Waals surface area contributed by atoms with Gasteiger partial charge in [-0.15, -0.1) is 0 Å². The van der Waals surface area contributed by atoms with Crippen LogP contribution in [0.3, 0.4) is 0 Å². The molecule has 90 valence electrons. The lowest BCUT2D eigenvalue weighted by Gasteiger charge is -2.07. The predicted molar refractivity (Wildman–Crippen MR) is 69.2 cm³/mol. The Hall–Kier alpha value is -0.720. The largest absolute Gasteiger partial charge is 0.399 e. The number of aryl methyl sites for hydroxylation is 1. The van der Waals surface area contributed by atoms with Gasteiger partial charge in [-0.3, -0.25) is 0 Å². The molecule has 0 aliphatic heterocycles. The van der Waals surface area contributed by atoms with Gasteiger partial charge in [-0.05, 0) is 36.9 Å². The van der Waals surface area contributed by atoms with Gasteiger partial charge in [0.15, 0.2) is 0 Å². The number of nitrogen functional groups attached to an aromatic ring is 1. The van der Waals surface area contributed by atoms with Gasteiger partial charge in [0, 0.05) is 18.0 Å². The Labute approximate surface area is 101 Å². The van der Waals surface area contributed by atoms with Crippen LogP contribution in [0.15, 0.2) is 23.1 Å². The molecule has 0 aliphatic rings. The molecule has 1 aromatic carbocycles. The molecular formula is C10H16N2O2S2. The molecule has 0 amide bonds. The normalized spacial score (nSPS) is 11.6. The molecule has 1 rings (SSSR count). The first-order valence-electron chi connectivity index (χ1n) is 4.81. The molecule has 0 heterocycles. The van der Waals surface area contributed by atoms with Crippen LogP contribution >= 0.6 is 11.8 Å². The van der Waals surface area contributed by atoms with Crippen molar-refractivity contribution in [3.05, 3.63) is 23.8 Å². The molecule has 1 aromatic rings. The van der Waals surface area contributed by atoms with Crippen molar-refractivity contribution >= 4 is 27.5 Å². The quantitative estimate of drug-likeness (QED) is 0.617. The third-order valence-electron chi connectivity index (χ3n) is 1.98. The van der Waals surface area contributed by atoms with E-state index in [0.29, 0.717) is 12.2 Å². The van der Waals surface area contributed by atoms with Crippen molar-refractivity contribution in [3.63, 3.8) is 0 Å². The molecule has 0 saturated carbocycles. The van der Waals surface area contributed by atoms with Gasteiger partial charge in [0.2, 0.25) is 10.0 Å². The minimum atomic E-state index is -3.42. The van der Waals surface area contributed by atoms with E-state index in [1.54, 1.807) is 23.9 Å². The van der Waals surface area contributed by atoms with Gasteiger partial charge in [0.05, 0.1) is 4.90 Å². The van der Waals surface area contributed by atoms with E-state index in [4.69, 9.17) is 5.73 Å². The van der Waals surface area contributed by atoms with Crippen molar-refractivity contribution < 1.29 is 8.42 Å². The first kappa shape index (κ1) is 13.3. The lowest BCUT2D eigenvalue weighted by molar-refractivity contribution is 0.584. The van der Waals surface area contributed by atoms with Crippen LogP contribution in [0.4, 0.5) is 5.69 Å². The minimum absolute atomic E-state index is 0.228. The van der Waals surface area contributed by atoms with Crippen molar-refractivity contribution in [2.75, 3.05) is 24.3 Å². The monoisotopic (exact) mass is 260 g/mol. The molecular weight excluding hydrogens is 244 g/mol.